The van der Waals surface area contributed by atoms with E-state index in [1.807, 2.05) is 25.1 Å². The summed E-state index contributed by atoms with van der Waals surface area (Å²) in [7, 11) is -2.57. The average Bonchev–Trinajstić information content (AvgIpc) is 2.78. The van der Waals surface area contributed by atoms with Gasteiger partial charge >= 0.3 is 8.03 Å². The molecule has 8 heteroatoms. The van der Waals surface area contributed by atoms with Gasteiger partial charge in [-0.15, -0.1) is 0 Å². The molecule has 1 saturated carbocycles. The van der Waals surface area contributed by atoms with Crippen molar-refractivity contribution in [3.8, 4) is 17.2 Å². The first-order valence-corrected chi connectivity index (χ1v) is 12.4. The van der Waals surface area contributed by atoms with E-state index in [0.29, 0.717) is 37.5 Å². The fourth-order valence-corrected chi connectivity index (χ4v) is 5.05. The topological polar surface area (TPSA) is 108 Å². The first-order valence-electron chi connectivity index (χ1n) is 11.2. The van der Waals surface area contributed by atoms with Gasteiger partial charge in [0, 0.05) is 30.3 Å². The smallest absolute Gasteiger partial charge is 0.508 e. The maximum atomic E-state index is 12.1. The molecule has 1 aliphatic rings. The van der Waals surface area contributed by atoms with Gasteiger partial charge in [-0.2, -0.15) is 4.89 Å². The molecule has 2 aromatic rings. The first kappa shape index (κ1) is 24.3. The van der Waals surface area contributed by atoms with Crippen LogP contribution in [0, 0.1) is 0 Å². The standard InChI is InChI=1S/C24H32NO6P/c1-2-20-21(25-14-7-15-30-19-9-5-8-18(26)16-19)10-6-11-22(20)31-17-24(32(28)29)13-4-3-12-23(24)27/h5-6,8-11,16,23,25,27H,2-4,7,12-15,17H2,1H3,(H-,26,28,29)/p+1. The van der Waals surface area contributed by atoms with Crippen LogP contribution in [0.1, 0.15) is 44.6 Å². The highest BCUT2D eigenvalue weighted by molar-refractivity contribution is 7.40. The summed E-state index contributed by atoms with van der Waals surface area (Å²) in [5, 5.41) is 22.2. The van der Waals surface area contributed by atoms with Crippen molar-refractivity contribution in [2.24, 2.45) is 0 Å². The fourth-order valence-electron chi connectivity index (χ4n) is 4.14. The van der Waals surface area contributed by atoms with Crippen molar-refractivity contribution in [1.82, 2.24) is 0 Å². The first-order chi connectivity index (χ1) is 15.5. The van der Waals surface area contributed by atoms with Crippen molar-refractivity contribution < 1.29 is 29.1 Å². The van der Waals surface area contributed by atoms with Crippen molar-refractivity contribution >= 4 is 13.7 Å². The Hall–Kier alpha value is -2.34. The normalized spacial score (nSPS) is 21.1. The van der Waals surface area contributed by atoms with Crippen LogP contribution in [0.5, 0.6) is 17.2 Å². The maximum absolute atomic E-state index is 12.1. The van der Waals surface area contributed by atoms with Gasteiger partial charge in [0.15, 0.2) is 0 Å². The van der Waals surface area contributed by atoms with Gasteiger partial charge in [-0.3, -0.25) is 0 Å². The van der Waals surface area contributed by atoms with Crippen molar-refractivity contribution in [3.63, 3.8) is 0 Å². The molecule has 0 bridgehead atoms. The summed E-state index contributed by atoms with van der Waals surface area (Å²) in [5.41, 5.74) is 1.95. The number of anilines is 1. The molecule has 3 atom stereocenters. The molecule has 0 spiro atoms. The molecule has 0 aromatic heterocycles. The Bertz CT molecular complexity index is 908. The Labute approximate surface area is 190 Å². The zero-order chi connectivity index (χ0) is 23.0. The van der Waals surface area contributed by atoms with Crippen LogP contribution in [0.4, 0.5) is 5.69 Å². The Morgan fingerprint density at radius 1 is 1.19 bits per heavy atom. The second kappa shape index (κ2) is 11.5. The molecule has 32 heavy (non-hydrogen) atoms. The largest absolute Gasteiger partial charge is 0.518 e. The molecule has 1 aliphatic carbocycles. The van der Waals surface area contributed by atoms with E-state index in [0.717, 1.165) is 36.9 Å². The van der Waals surface area contributed by atoms with Crippen LogP contribution in [-0.2, 0) is 11.0 Å². The molecule has 174 valence electrons. The Balaban J connectivity index is 1.57. The number of phenols is 1. The van der Waals surface area contributed by atoms with Gasteiger partial charge in [-0.1, -0.05) is 25.5 Å². The Morgan fingerprint density at radius 2 is 2.00 bits per heavy atom. The molecule has 4 N–H and O–H groups in total. The lowest BCUT2D eigenvalue weighted by Crippen LogP contribution is -2.46. The van der Waals surface area contributed by atoms with Gasteiger partial charge in [0.2, 0.25) is 0 Å². The highest BCUT2D eigenvalue weighted by atomic mass is 31.1. The van der Waals surface area contributed by atoms with E-state index < -0.39 is 19.3 Å². The lowest BCUT2D eigenvalue weighted by Gasteiger charge is -2.31. The van der Waals surface area contributed by atoms with Gasteiger partial charge < -0.3 is 25.0 Å². The van der Waals surface area contributed by atoms with Gasteiger partial charge in [0.05, 0.1) is 6.61 Å². The molecule has 3 rings (SSSR count). The molecule has 7 nitrogen and oxygen atoms in total. The monoisotopic (exact) mass is 462 g/mol. The predicted octanol–water partition coefficient (Wildman–Crippen LogP) is 4.62. The number of ether oxygens (including phenoxy) is 2. The molecule has 0 radical (unpaired) electrons. The molecule has 0 heterocycles. The van der Waals surface area contributed by atoms with E-state index in [1.54, 1.807) is 24.3 Å². The van der Waals surface area contributed by atoms with E-state index in [1.165, 1.54) is 0 Å². The average molecular weight is 463 g/mol. The zero-order valence-corrected chi connectivity index (χ0v) is 19.4. The van der Waals surface area contributed by atoms with E-state index in [9.17, 15) is 19.7 Å². The van der Waals surface area contributed by atoms with E-state index in [2.05, 4.69) is 5.32 Å². The summed E-state index contributed by atoms with van der Waals surface area (Å²) in [5.74, 6) is 1.48. The molecular formula is C24H33NO6P+. The van der Waals surface area contributed by atoms with Crippen LogP contribution >= 0.6 is 8.03 Å². The third-order valence-electron chi connectivity index (χ3n) is 6.03. The zero-order valence-electron chi connectivity index (χ0n) is 18.5. The minimum absolute atomic E-state index is 0.0219. The summed E-state index contributed by atoms with van der Waals surface area (Å²) in [6.07, 6.45) is 3.36. The lowest BCUT2D eigenvalue weighted by molar-refractivity contribution is 0.0548. The molecule has 0 saturated heterocycles. The van der Waals surface area contributed by atoms with Gasteiger partial charge in [0.25, 0.3) is 5.16 Å². The Morgan fingerprint density at radius 3 is 2.72 bits per heavy atom. The van der Waals surface area contributed by atoms with Crippen LogP contribution in [0.15, 0.2) is 42.5 Å². The van der Waals surface area contributed by atoms with E-state index in [-0.39, 0.29) is 12.4 Å². The van der Waals surface area contributed by atoms with Crippen molar-refractivity contribution in [3.05, 3.63) is 48.0 Å². The summed E-state index contributed by atoms with van der Waals surface area (Å²) < 4.78 is 23.8. The van der Waals surface area contributed by atoms with Gasteiger partial charge in [0.1, 0.15) is 30.0 Å². The molecule has 3 unspecified atom stereocenters. The molecule has 2 aromatic carbocycles. The van der Waals surface area contributed by atoms with E-state index in [4.69, 9.17) is 9.47 Å². The quantitative estimate of drug-likeness (QED) is 0.285. The van der Waals surface area contributed by atoms with Crippen LogP contribution in [0.3, 0.4) is 0 Å². The minimum Gasteiger partial charge on any atom is -0.508 e. The molecule has 0 amide bonds. The number of aliphatic hydroxyl groups is 1. The van der Waals surface area contributed by atoms with Gasteiger partial charge in [-0.05, 0) is 54.5 Å². The molecular weight excluding hydrogens is 429 g/mol. The number of aliphatic hydroxyl groups excluding tert-OH is 1. The predicted molar refractivity (Wildman–Crippen MR) is 125 cm³/mol. The number of hydrogen-bond donors (Lipinski definition) is 4. The summed E-state index contributed by atoms with van der Waals surface area (Å²) in [4.78, 5) is 9.95. The lowest BCUT2D eigenvalue weighted by atomic mass is 9.86. The van der Waals surface area contributed by atoms with E-state index >= 15 is 0 Å². The highest BCUT2D eigenvalue weighted by Gasteiger charge is 2.57. The third-order valence-corrected chi connectivity index (χ3v) is 7.44. The summed E-state index contributed by atoms with van der Waals surface area (Å²) in [6, 6.07) is 12.5. The summed E-state index contributed by atoms with van der Waals surface area (Å²) in [6.45, 7) is 3.27. The van der Waals surface area contributed by atoms with Crippen LogP contribution in [-0.4, -0.2) is 46.1 Å². The molecule has 0 aliphatic heterocycles. The summed E-state index contributed by atoms with van der Waals surface area (Å²) >= 11 is 0. The van der Waals surface area contributed by atoms with Gasteiger partial charge in [-0.25, -0.2) is 0 Å². The minimum atomic E-state index is -2.57. The van der Waals surface area contributed by atoms with Crippen LogP contribution < -0.4 is 14.8 Å². The van der Waals surface area contributed by atoms with Crippen molar-refractivity contribution in [1.29, 1.82) is 0 Å². The second-order valence-electron chi connectivity index (χ2n) is 8.19. The number of hydrogen-bond acceptors (Lipinski definition) is 6. The maximum Gasteiger partial charge on any atom is 0.518 e. The van der Waals surface area contributed by atoms with Crippen LogP contribution in [0.25, 0.3) is 0 Å². The fraction of sp³-hybridized carbons (Fsp3) is 0.500. The number of nitrogens with one attached hydrogen (secondary N) is 1. The third kappa shape index (κ3) is 5.91. The Kier molecular flexibility index (Phi) is 8.74. The molecule has 1 fully saturated rings. The highest BCUT2D eigenvalue weighted by Crippen LogP contribution is 2.47. The van der Waals surface area contributed by atoms with Crippen molar-refractivity contribution in [2.45, 2.75) is 56.7 Å². The SMILES string of the molecule is CCc1c(NCCCOc2cccc(O)c2)cccc1OCC1([P+](=O)O)CCCCC1O. The van der Waals surface area contributed by atoms with Crippen molar-refractivity contribution in [2.75, 3.05) is 25.1 Å². The number of benzene rings is 2. The number of rotatable bonds is 11. The number of phenolic OH excluding ortho intramolecular Hbond substituents is 1. The second-order valence-corrected chi connectivity index (χ2v) is 9.63. The van der Waals surface area contributed by atoms with Crippen LogP contribution in [0.2, 0.25) is 0 Å². The number of aromatic hydroxyl groups is 1.